The van der Waals surface area contributed by atoms with E-state index in [0.29, 0.717) is 5.92 Å². The van der Waals surface area contributed by atoms with Gasteiger partial charge in [-0.25, -0.2) is 9.97 Å². The van der Waals surface area contributed by atoms with Gasteiger partial charge in [0.25, 0.3) is 0 Å². The Balaban J connectivity index is 2.18. The van der Waals surface area contributed by atoms with Crippen molar-refractivity contribution in [2.45, 2.75) is 46.0 Å². The van der Waals surface area contributed by atoms with Gasteiger partial charge in [0, 0.05) is 17.0 Å². The summed E-state index contributed by atoms with van der Waals surface area (Å²) in [5, 5.41) is 0. The predicted molar refractivity (Wildman–Crippen MR) is 84.4 cm³/mol. The number of hydrogen-bond acceptors (Lipinski definition) is 3. The molecule has 1 aromatic carbocycles. The minimum Gasteiger partial charge on any atom is -0.443 e. The highest BCUT2D eigenvalue weighted by Crippen LogP contribution is 2.35. The van der Waals surface area contributed by atoms with E-state index in [4.69, 9.17) is 4.42 Å². The third-order valence-electron chi connectivity index (χ3n) is 3.72. The summed E-state index contributed by atoms with van der Waals surface area (Å²) in [6.07, 6.45) is 3.39. The molecule has 0 unspecified atom stereocenters. The molecule has 0 atom stereocenters. The van der Waals surface area contributed by atoms with Crippen LogP contribution in [0.3, 0.4) is 0 Å². The second kappa shape index (κ2) is 4.72. The van der Waals surface area contributed by atoms with Crippen molar-refractivity contribution in [3.63, 3.8) is 0 Å². The van der Waals surface area contributed by atoms with Gasteiger partial charge in [0.05, 0.1) is 11.9 Å². The monoisotopic (exact) mass is 283 g/mol. The van der Waals surface area contributed by atoms with Crippen LogP contribution in [0.15, 0.2) is 29.1 Å². The number of hydrogen-bond donors (Lipinski definition) is 1. The maximum absolute atomic E-state index is 5.65. The Hall–Kier alpha value is -2.10. The number of aromatic amines is 1. The lowest BCUT2D eigenvalue weighted by molar-refractivity contribution is 0.554. The fraction of sp³-hybridized carbons (Fsp3) is 0.412. The van der Waals surface area contributed by atoms with Crippen LogP contribution in [-0.2, 0) is 5.41 Å². The van der Waals surface area contributed by atoms with Crippen molar-refractivity contribution < 1.29 is 4.42 Å². The van der Waals surface area contributed by atoms with Gasteiger partial charge in [-0.1, -0.05) is 46.8 Å². The van der Waals surface area contributed by atoms with Gasteiger partial charge in [-0.05, 0) is 5.41 Å². The molecule has 0 aliphatic rings. The molecule has 0 aliphatic heterocycles. The molecule has 0 fully saturated rings. The van der Waals surface area contributed by atoms with E-state index in [1.807, 2.05) is 6.20 Å². The molecular formula is C17H21N3O. The van der Waals surface area contributed by atoms with Crippen LogP contribution in [0.25, 0.3) is 22.4 Å². The SMILES string of the molecule is CC(C)c1ncc(-c2ccc(C(C)(C)C)c3ocnc23)[nH]1. The average Bonchev–Trinajstić information content (AvgIpc) is 3.05. The van der Waals surface area contributed by atoms with Crippen LogP contribution in [0.4, 0.5) is 0 Å². The van der Waals surface area contributed by atoms with Crippen LogP contribution >= 0.6 is 0 Å². The van der Waals surface area contributed by atoms with Crippen LogP contribution in [-0.4, -0.2) is 15.0 Å². The zero-order chi connectivity index (χ0) is 15.2. The molecule has 1 N–H and O–H groups in total. The number of benzene rings is 1. The predicted octanol–water partition coefficient (Wildman–Crippen LogP) is 4.64. The highest BCUT2D eigenvalue weighted by Gasteiger charge is 2.22. The number of fused-ring (bicyclic) bond motifs is 1. The summed E-state index contributed by atoms with van der Waals surface area (Å²) in [7, 11) is 0. The van der Waals surface area contributed by atoms with Gasteiger partial charge < -0.3 is 9.40 Å². The maximum Gasteiger partial charge on any atom is 0.182 e. The van der Waals surface area contributed by atoms with Crippen molar-refractivity contribution >= 4 is 11.1 Å². The lowest BCUT2D eigenvalue weighted by Crippen LogP contribution is -2.11. The van der Waals surface area contributed by atoms with Gasteiger partial charge in [0.1, 0.15) is 11.3 Å². The lowest BCUT2D eigenvalue weighted by atomic mass is 9.85. The molecule has 0 amide bonds. The molecule has 4 heteroatoms. The van der Waals surface area contributed by atoms with Crippen molar-refractivity contribution in [1.29, 1.82) is 0 Å². The molecule has 0 saturated heterocycles. The summed E-state index contributed by atoms with van der Waals surface area (Å²) in [6.45, 7) is 10.8. The van der Waals surface area contributed by atoms with Gasteiger partial charge in [0.2, 0.25) is 0 Å². The average molecular weight is 283 g/mol. The highest BCUT2D eigenvalue weighted by atomic mass is 16.3. The lowest BCUT2D eigenvalue weighted by Gasteiger charge is -2.19. The first-order chi connectivity index (χ1) is 9.88. The van der Waals surface area contributed by atoms with Crippen LogP contribution in [0, 0.1) is 0 Å². The number of oxazole rings is 1. The zero-order valence-corrected chi connectivity index (χ0v) is 13.2. The summed E-state index contributed by atoms with van der Waals surface area (Å²) in [5.41, 5.74) is 4.96. The Bertz CT molecular complexity index is 775. The standard InChI is InChI=1S/C17H21N3O/c1-10(2)16-18-8-13(20-16)11-6-7-12(17(3,4)5)15-14(11)19-9-21-15/h6-10H,1-5H3,(H,18,20). The van der Waals surface area contributed by atoms with Gasteiger partial charge in [-0.15, -0.1) is 0 Å². The molecule has 21 heavy (non-hydrogen) atoms. The van der Waals surface area contributed by atoms with E-state index >= 15 is 0 Å². The topological polar surface area (TPSA) is 54.7 Å². The summed E-state index contributed by atoms with van der Waals surface area (Å²) < 4.78 is 5.65. The van der Waals surface area contributed by atoms with Gasteiger partial charge >= 0.3 is 0 Å². The van der Waals surface area contributed by atoms with E-state index in [0.717, 1.165) is 28.2 Å². The van der Waals surface area contributed by atoms with Gasteiger partial charge in [-0.3, -0.25) is 0 Å². The largest absolute Gasteiger partial charge is 0.443 e. The normalized spacial score (nSPS) is 12.5. The molecule has 0 bridgehead atoms. The molecule has 2 heterocycles. The van der Waals surface area contributed by atoms with Gasteiger partial charge in [-0.2, -0.15) is 0 Å². The smallest absolute Gasteiger partial charge is 0.182 e. The van der Waals surface area contributed by atoms with Crippen LogP contribution < -0.4 is 0 Å². The number of aromatic nitrogens is 3. The molecule has 0 spiro atoms. The molecule has 4 nitrogen and oxygen atoms in total. The van der Waals surface area contributed by atoms with Crippen molar-refractivity contribution in [3.05, 3.63) is 36.1 Å². The first-order valence-electron chi connectivity index (χ1n) is 7.30. The summed E-state index contributed by atoms with van der Waals surface area (Å²) in [5.74, 6) is 1.36. The Morgan fingerprint density at radius 3 is 2.52 bits per heavy atom. The van der Waals surface area contributed by atoms with Crippen molar-refractivity contribution in [2.24, 2.45) is 0 Å². The van der Waals surface area contributed by atoms with Crippen LogP contribution in [0.2, 0.25) is 0 Å². The van der Waals surface area contributed by atoms with E-state index in [9.17, 15) is 0 Å². The molecule has 0 aliphatic carbocycles. The first-order valence-corrected chi connectivity index (χ1v) is 7.30. The van der Waals surface area contributed by atoms with Gasteiger partial charge in [0.15, 0.2) is 12.0 Å². The maximum atomic E-state index is 5.65. The van der Waals surface area contributed by atoms with E-state index in [2.05, 4.69) is 61.7 Å². The second-order valence-electron chi connectivity index (χ2n) is 6.78. The highest BCUT2D eigenvalue weighted by molar-refractivity contribution is 5.91. The quantitative estimate of drug-likeness (QED) is 0.745. The number of imidazole rings is 1. The number of nitrogens with one attached hydrogen (secondary N) is 1. The molecule has 2 aromatic heterocycles. The minimum absolute atomic E-state index is 0.0212. The van der Waals surface area contributed by atoms with E-state index in [-0.39, 0.29) is 5.41 Å². The summed E-state index contributed by atoms with van der Waals surface area (Å²) in [6, 6.07) is 4.22. The first kappa shape index (κ1) is 13.9. The van der Waals surface area contributed by atoms with E-state index in [1.165, 1.54) is 12.0 Å². The summed E-state index contributed by atoms with van der Waals surface area (Å²) in [4.78, 5) is 12.2. The number of H-pyrrole nitrogens is 1. The van der Waals surface area contributed by atoms with Crippen molar-refractivity contribution in [1.82, 2.24) is 15.0 Å². The fourth-order valence-corrected chi connectivity index (χ4v) is 2.53. The number of rotatable bonds is 2. The third-order valence-corrected chi connectivity index (χ3v) is 3.72. The van der Waals surface area contributed by atoms with Crippen LogP contribution in [0.1, 0.15) is 51.9 Å². The Kier molecular flexibility index (Phi) is 3.12. The second-order valence-corrected chi connectivity index (χ2v) is 6.78. The molecule has 3 rings (SSSR count). The Morgan fingerprint density at radius 1 is 1.14 bits per heavy atom. The number of nitrogens with zero attached hydrogens (tertiary/aromatic N) is 2. The van der Waals surface area contributed by atoms with Crippen LogP contribution in [0.5, 0.6) is 0 Å². The third kappa shape index (κ3) is 2.35. The Labute approximate surface area is 124 Å². The molecule has 0 radical (unpaired) electrons. The van der Waals surface area contributed by atoms with Crippen molar-refractivity contribution in [2.75, 3.05) is 0 Å². The van der Waals surface area contributed by atoms with Crippen molar-refractivity contribution in [3.8, 4) is 11.3 Å². The minimum atomic E-state index is 0.0212. The molecular weight excluding hydrogens is 262 g/mol. The Morgan fingerprint density at radius 2 is 1.90 bits per heavy atom. The summed E-state index contributed by atoms with van der Waals surface area (Å²) >= 11 is 0. The molecule has 110 valence electrons. The fourth-order valence-electron chi connectivity index (χ4n) is 2.53. The van der Waals surface area contributed by atoms with E-state index in [1.54, 1.807) is 0 Å². The zero-order valence-electron chi connectivity index (χ0n) is 13.2. The van der Waals surface area contributed by atoms with E-state index < -0.39 is 0 Å². The molecule has 0 saturated carbocycles. The molecule has 3 aromatic rings.